The zero-order chi connectivity index (χ0) is 25.4. The molecule has 0 spiro atoms. The molecule has 1 atom stereocenters. The molecule has 1 fully saturated rings. The smallest absolute Gasteiger partial charge is 0.236 e. The molecule has 0 aliphatic carbocycles. The molecule has 2 aromatic carbocycles. The second-order valence-electron chi connectivity index (χ2n) is 9.38. The van der Waals surface area contributed by atoms with Gasteiger partial charge < -0.3 is 4.90 Å². The first kappa shape index (κ1) is 27.1. The molecular weight excluding hydrogens is 463 g/mol. The number of hydrogen-bond acceptors (Lipinski definition) is 5. The molecule has 0 bridgehead atoms. The lowest BCUT2D eigenvalue weighted by molar-refractivity contribution is 0.135. The molecule has 6 nitrogen and oxygen atoms in total. The SMILES string of the molecule is CCC(CCCN1CCN(CCS(=O)(=O)N(C)c2ccc(F)cc2)CC1)c1ccc(C#N)c(C)c1. The van der Waals surface area contributed by atoms with Crippen molar-refractivity contribution in [1.82, 2.24) is 9.80 Å². The third-order valence-corrected chi connectivity index (χ3v) is 8.84. The van der Waals surface area contributed by atoms with Gasteiger partial charge in [-0.3, -0.25) is 9.21 Å². The van der Waals surface area contributed by atoms with Crippen LogP contribution in [0.1, 0.15) is 48.8 Å². The standard InChI is InChI=1S/C27H37FN4O2S/c1-4-23(24-7-8-25(21-29)22(2)20-24)6-5-13-31-14-16-32(17-15-31)18-19-35(33,34)30(3)27-11-9-26(28)10-12-27/h7-12,20,23H,4-6,13-19H2,1-3H3. The van der Waals surface area contributed by atoms with Gasteiger partial charge in [0.15, 0.2) is 0 Å². The van der Waals surface area contributed by atoms with Crippen molar-refractivity contribution in [2.75, 3.05) is 56.4 Å². The summed E-state index contributed by atoms with van der Waals surface area (Å²) in [6.45, 7) is 9.38. The number of piperazine rings is 1. The Hall–Kier alpha value is -2.47. The summed E-state index contributed by atoms with van der Waals surface area (Å²) in [5.41, 5.74) is 3.58. The number of rotatable bonds is 11. The quantitative estimate of drug-likeness (QED) is 0.459. The summed E-state index contributed by atoms with van der Waals surface area (Å²) >= 11 is 0. The maximum atomic E-state index is 13.1. The molecule has 0 saturated carbocycles. The van der Waals surface area contributed by atoms with Crippen LogP contribution in [-0.4, -0.2) is 70.3 Å². The Bertz CT molecular complexity index is 1110. The molecule has 190 valence electrons. The Morgan fingerprint density at radius 2 is 1.69 bits per heavy atom. The van der Waals surface area contributed by atoms with Gasteiger partial charge in [0.1, 0.15) is 5.82 Å². The number of anilines is 1. The van der Waals surface area contributed by atoms with Crippen molar-refractivity contribution >= 4 is 15.7 Å². The largest absolute Gasteiger partial charge is 0.301 e. The summed E-state index contributed by atoms with van der Waals surface area (Å²) in [4.78, 5) is 4.67. The van der Waals surface area contributed by atoms with Crippen LogP contribution in [0.2, 0.25) is 0 Å². The maximum Gasteiger partial charge on any atom is 0.236 e. The van der Waals surface area contributed by atoms with Crippen LogP contribution in [0.4, 0.5) is 10.1 Å². The van der Waals surface area contributed by atoms with E-state index in [0.29, 0.717) is 18.2 Å². The lowest BCUT2D eigenvalue weighted by Crippen LogP contribution is -2.48. The van der Waals surface area contributed by atoms with Crippen LogP contribution in [0.25, 0.3) is 0 Å². The van der Waals surface area contributed by atoms with Gasteiger partial charge in [0, 0.05) is 39.8 Å². The number of sulfonamides is 1. The van der Waals surface area contributed by atoms with Crippen LogP contribution in [0.15, 0.2) is 42.5 Å². The van der Waals surface area contributed by atoms with Crippen LogP contribution >= 0.6 is 0 Å². The molecule has 0 N–H and O–H groups in total. The molecule has 3 rings (SSSR count). The third kappa shape index (κ3) is 7.50. The molecule has 1 aliphatic heterocycles. The van der Waals surface area contributed by atoms with Crippen LogP contribution in [-0.2, 0) is 10.0 Å². The van der Waals surface area contributed by atoms with Crippen molar-refractivity contribution in [1.29, 1.82) is 5.26 Å². The fourth-order valence-corrected chi connectivity index (χ4v) is 5.87. The highest BCUT2D eigenvalue weighted by atomic mass is 32.2. The van der Waals surface area contributed by atoms with E-state index in [-0.39, 0.29) is 11.6 Å². The first-order valence-electron chi connectivity index (χ1n) is 12.4. The summed E-state index contributed by atoms with van der Waals surface area (Å²) in [7, 11) is -1.94. The zero-order valence-corrected chi connectivity index (χ0v) is 21.9. The zero-order valence-electron chi connectivity index (χ0n) is 21.1. The average Bonchev–Trinajstić information content (AvgIpc) is 2.86. The van der Waals surface area contributed by atoms with Gasteiger partial charge in [-0.15, -0.1) is 0 Å². The molecule has 8 heteroatoms. The van der Waals surface area contributed by atoms with E-state index < -0.39 is 10.0 Å². The fourth-order valence-electron chi connectivity index (χ4n) is 4.66. The van der Waals surface area contributed by atoms with E-state index in [4.69, 9.17) is 5.26 Å². The van der Waals surface area contributed by atoms with Gasteiger partial charge in [-0.2, -0.15) is 5.26 Å². The van der Waals surface area contributed by atoms with Gasteiger partial charge in [-0.25, -0.2) is 12.8 Å². The highest BCUT2D eigenvalue weighted by Crippen LogP contribution is 2.27. The third-order valence-electron chi connectivity index (χ3n) is 7.10. The Morgan fingerprint density at radius 3 is 2.26 bits per heavy atom. The van der Waals surface area contributed by atoms with Gasteiger partial charge in [-0.1, -0.05) is 19.1 Å². The van der Waals surface area contributed by atoms with Crippen LogP contribution in [0.5, 0.6) is 0 Å². The topological polar surface area (TPSA) is 67.7 Å². The maximum absolute atomic E-state index is 13.1. The second kappa shape index (κ2) is 12.5. The van der Waals surface area contributed by atoms with Crippen molar-refractivity contribution in [3.63, 3.8) is 0 Å². The van der Waals surface area contributed by atoms with E-state index in [0.717, 1.165) is 63.1 Å². The van der Waals surface area contributed by atoms with Crippen molar-refractivity contribution in [3.8, 4) is 6.07 Å². The van der Waals surface area contributed by atoms with Crippen LogP contribution in [0.3, 0.4) is 0 Å². The van der Waals surface area contributed by atoms with Gasteiger partial charge in [0.2, 0.25) is 10.0 Å². The monoisotopic (exact) mass is 500 g/mol. The normalized spacial score (nSPS) is 16.1. The Morgan fingerprint density at radius 1 is 1.06 bits per heavy atom. The van der Waals surface area contributed by atoms with E-state index in [2.05, 4.69) is 34.9 Å². The minimum Gasteiger partial charge on any atom is -0.301 e. The number of hydrogen-bond donors (Lipinski definition) is 0. The van der Waals surface area contributed by atoms with Gasteiger partial charge >= 0.3 is 0 Å². The van der Waals surface area contributed by atoms with Crippen LogP contribution in [0, 0.1) is 24.1 Å². The Labute approximate surface area is 210 Å². The summed E-state index contributed by atoms with van der Waals surface area (Å²) in [5, 5.41) is 9.16. The van der Waals surface area contributed by atoms with Gasteiger partial charge in [0.25, 0.3) is 0 Å². The van der Waals surface area contributed by atoms with Gasteiger partial charge in [-0.05, 0) is 80.1 Å². The lowest BCUT2D eigenvalue weighted by Gasteiger charge is -2.35. The predicted molar refractivity (Wildman–Crippen MR) is 140 cm³/mol. The molecule has 35 heavy (non-hydrogen) atoms. The molecule has 0 amide bonds. The van der Waals surface area contributed by atoms with Crippen molar-refractivity contribution in [2.45, 2.75) is 39.0 Å². The highest BCUT2D eigenvalue weighted by molar-refractivity contribution is 7.92. The number of nitriles is 1. The minimum absolute atomic E-state index is 0.0447. The van der Waals surface area contributed by atoms with Crippen LogP contribution < -0.4 is 4.31 Å². The Kier molecular flexibility index (Phi) is 9.67. The van der Waals surface area contributed by atoms with E-state index in [1.54, 1.807) is 0 Å². The molecule has 1 saturated heterocycles. The summed E-state index contributed by atoms with van der Waals surface area (Å²) < 4.78 is 39.8. The molecule has 1 aliphatic rings. The van der Waals surface area contributed by atoms with Crippen molar-refractivity contribution in [2.24, 2.45) is 0 Å². The molecule has 1 heterocycles. The number of benzene rings is 2. The minimum atomic E-state index is -3.46. The van der Waals surface area contributed by atoms with E-state index >= 15 is 0 Å². The summed E-state index contributed by atoms with van der Waals surface area (Å²) in [6.07, 6.45) is 3.32. The van der Waals surface area contributed by atoms with Crippen molar-refractivity contribution in [3.05, 3.63) is 65.0 Å². The van der Waals surface area contributed by atoms with E-state index in [1.807, 2.05) is 13.0 Å². The number of nitrogens with zero attached hydrogens (tertiary/aromatic N) is 4. The summed E-state index contributed by atoms with van der Waals surface area (Å²) in [6, 6.07) is 13.9. The number of aryl methyl sites for hydroxylation is 1. The molecule has 1 unspecified atom stereocenters. The van der Waals surface area contributed by atoms with E-state index in [1.165, 1.54) is 41.2 Å². The summed E-state index contributed by atoms with van der Waals surface area (Å²) in [5.74, 6) is 0.168. The van der Waals surface area contributed by atoms with Gasteiger partial charge in [0.05, 0.1) is 23.1 Å². The first-order valence-corrected chi connectivity index (χ1v) is 14.0. The molecule has 0 radical (unpaired) electrons. The first-order chi connectivity index (χ1) is 16.7. The lowest BCUT2D eigenvalue weighted by atomic mass is 9.90. The molecular formula is C27H37FN4O2S. The van der Waals surface area contributed by atoms with E-state index in [9.17, 15) is 12.8 Å². The fraction of sp³-hybridized carbons (Fsp3) is 0.519. The molecule has 0 aromatic heterocycles. The Balaban J connectivity index is 1.40. The average molecular weight is 501 g/mol. The van der Waals surface area contributed by atoms with Crippen molar-refractivity contribution < 1.29 is 12.8 Å². The number of halogens is 1. The predicted octanol–water partition coefficient (Wildman–Crippen LogP) is 4.36. The highest BCUT2D eigenvalue weighted by Gasteiger charge is 2.22. The molecule has 2 aromatic rings. The second-order valence-corrected chi connectivity index (χ2v) is 11.5.